The lowest BCUT2D eigenvalue weighted by atomic mass is 9.96. The molecule has 0 bridgehead atoms. The smallest absolute Gasteiger partial charge is 0.362 e. The molecule has 1 aromatic heterocycles. The molecule has 2 N–H and O–H groups in total. The Morgan fingerprint density at radius 3 is 2.52 bits per heavy atom. The number of hydrogen-bond donors (Lipinski definition) is 2. The lowest BCUT2D eigenvalue weighted by Crippen LogP contribution is -2.35. The van der Waals surface area contributed by atoms with Gasteiger partial charge in [-0.3, -0.25) is 20.0 Å². The van der Waals surface area contributed by atoms with Gasteiger partial charge in [-0.25, -0.2) is 0 Å². The summed E-state index contributed by atoms with van der Waals surface area (Å²) in [6.45, 7) is 0. The van der Waals surface area contributed by atoms with Gasteiger partial charge in [-0.05, 0) is 12.8 Å². The van der Waals surface area contributed by atoms with Crippen molar-refractivity contribution < 1.29 is 14.5 Å². The fraction of sp³-hybridized carbons (Fsp3) is 0.692. The number of nitro groups is 1. The molecule has 0 atom stereocenters. The molecule has 0 saturated heterocycles. The lowest BCUT2D eigenvalue weighted by Gasteiger charge is -2.20. The van der Waals surface area contributed by atoms with Crippen LogP contribution in [0.25, 0.3) is 0 Å². The van der Waals surface area contributed by atoms with E-state index < -0.39 is 16.5 Å². The lowest BCUT2D eigenvalue weighted by molar-refractivity contribution is -0.386. The maximum absolute atomic E-state index is 12.2. The van der Waals surface area contributed by atoms with Crippen LogP contribution in [-0.4, -0.2) is 34.2 Å². The second kappa shape index (κ2) is 7.05. The number of carbonyl (C=O) groups is 1. The van der Waals surface area contributed by atoms with Gasteiger partial charge in [-0.1, -0.05) is 32.1 Å². The topological polar surface area (TPSA) is 110 Å². The van der Waals surface area contributed by atoms with Gasteiger partial charge in [0.15, 0.2) is 0 Å². The van der Waals surface area contributed by atoms with E-state index in [0.29, 0.717) is 0 Å². The number of hydrogen-bond acceptors (Lipinski definition) is 5. The molecule has 1 fully saturated rings. The molecular weight excluding hydrogens is 276 g/mol. The predicted molar refractivity (Wildman–Crippen MR) is 75.4 cm³/mol. The van der Waals surface area contributed by atoms with Crippen molar-refractivity contribution in [3.05, 3.63) is 15.8 Å². The molecule has 8 nitrogen and oxygen atoms in total. The van der Waals surface area contributed by atoms with Crippen molar-refractivity contribution in [2.24, 2.45) is 0 Å². The van der Waals surface area contributed by atoms with Crippen LogP contribution in [-0.2, 0) is 0 Å². The average molecular weight is 296 g/mol. The Labute approximate surface area is 122 Å². The molecule has 0 aliphatic heterocycles. The number of methoxy groups -OCH3 is 1. The summed E-state index contributed by atoms with van der Waals surface area (Å²) in [4.78, 5) is 22.6. The van der Waals surface area contributed by atoms with Crippen LogP contribution in [0.5, 0.6) is 5.88 Å². The van der Waals surface area contributed by atoms with Crippen molar-refractivity contribution in [2.75, 3.05) is 7.11 Å². The van der Waals surface area contributed by atoms with Crippen molar-refractivity contribution in [1.29, 1.82) is 0 Å². The Bertz CT molecular complexity index is 506. The Morgan fingerprint density at radius 1 is 1.33 bits per heavy atom. The van der Waals surface area contributed by atoms with Crippen LogP contribution in [0, 0.1) is 10.1 Å². The van der Waals surface area contributed by atoms with E-state index in [1.54, 1.807) is 0 Å². The standard InChI is InChI=1S/C13H20N4O4/c1-21-13-11(17(19)20)10(15-16-13)12(18)14-9-7-5-3-2-4-6-8-9/h9H,2-8H2,1H3,(H,14,18)(H,15,16). The fourth-order valence-electron chi connectivity index (χ4n) is 2.65. The second-order valence-electron chi connectivity index (χ2n) is 5.23. The minimum atomic E-state index is -0.657. The summed E-state index contributed by atoms with van der Waals surface area (Å²) < 4.78 is 4.80. The molecule has 0 aromatic carbocycles. The third kappa shape index (κ3) is 3.71. The van der Waals surface area contributed by atoms with Crippen molar-refractivity contribution >= 4 is 11.6 Å². The number of carbonyl (C=O) groups excluding carboxylic acids is 1. The summed E-state index contributed by atoms with van der Waals surface area (Å²) in [7, 11) is 1.28. The van der Waals surface area contributed by atoms with E-state index in [4.69, 9.17) is 4.74 Å². The maximum Gasteiger partial charge on any atom is 0.362 e. The fourth-order valence-corrected chi connectivity index (χ4v) is 2.65. The molecule has 116 valence electrons. The summed E-state index contributed by atoms with van der Waals surface area (Å²) in [5, 5.41) is 20.0. The second-order valence-corrected chi connectivity index (χ2v) is 5.23. The van der Waals surface area contributed by atoms with Gasteiger partial charge in [-0.2, -0.15) is 0 Å². The van der Waals surface area contributed by atoms with Crippen molar-refractivity contribution in [3.8, 4) is 5.88 Å². The first-order valence-electron chi connectivity index (χ1n) is 7.21. The Balaban J connectivity index is 2.09. The third-order valence-electron chi connectivity index (χ3n) is 3.75. The number of ether oxygens (including phenoxy) is 1. The van der Waals surface area contributed by atoms with Gasteiger partial charge in [0.2, 0.25) is 5.69 Å². The third-order valence-corrected chi connectivity index (χ3v) is 3.75. The molecule has 1 aliphatic carbocycles. The molecule has 2 rings (SSSR count). The van der Waals surface area contributed by atoms with Crippen molar-refractivity contribution in [1.82, 2.24) is 15.5 Å². The minimum absolute atomic E-state index is 0.0618. The summed E-state index contributed by atoms with van der Waals surface area (Å²) >= 11 is 0. The van der Waals surface area contributed by atoms with Gasteiger partial charge in [0, 0.05) is 6.04 Å². The Kier molecular flexibility index (Phi) is 5.13. The number of aromatic nitrogens is 2. The number of amides is 1. The van der Waals surface area contributed by atoms with Gasteiger partial charge in [0.25, 0.3) is 5.91 Å². The van der Waals surface area contributed by atoms with E-state index in [9.17, 15) is 14.9 Å². The highest BCUT2D eigenvalue weighted by molar-refractivity contribution is 5.97. The summed E-state index contributed by atoms with van der Waals surface area (Å²) in [5.41, 5.74) is -0.570. The van der Waals surface area contributed by atoms with E-state index in [1.807, 2.05) is 0 Å². The van der Waals surface area contributed by atoms with Gasteiger partial charge in [0.05, 0.1) is 12.0 Å². The molecule has 21 heavy (non-hydrogen) atoms. The zero-order valence-corrected chi connectivity index (χ0v) is 12.1. The summed E-state index contributed by atoms with van der Waals surface area (Å²) in [6, 6.07) is 0.0618. The minimum Gasteiger partial charge on any atom is -0.475 e. The highest BCUT2D eigenvalue weighted by atomic mass is 16.6. The van der Waals surface area contributed by atoms with E-state index in [0.717, 1.165) is 25.7 Å². The average Bonchev–Trinajstić information content (AvgIpc) is 2.85. The Hall–Kier alpha value is -2.12. The normalized spacial score (nSPS) is 16.8. The van der Waals surface area contributed by atoms with Gasteiger partial charge < -0.3 is 10.1 Å². The van der Waals surface area contributed by atoms with Crippen LogP contribution in [0.15, 0.2) is 0 Å². The van der Waals surface area contributed by atoms with Crippen molar-refractivity contribution in [2.45, 2.75) is 51.0 Å². The molecule has 0 spiro atoms. The Morgan fingerprint density at radius 2 is 1.95 bits per heavy atom. The first-order chi connectivity index (χ1) is 10.1. The quantitative estimate of drug-likeness (QED) is 0.653. The predicted octanol–water partition coefficient (Wildman–Crippen LogP) is 2.17. The SMILES string of the molecule is COc1n[nH]c(C(=O)NC2CCCCCCC2)c1[N+](=O)[O-]. The summed E-state index contributed by atoms with van der Waals surface area (Å²) in [5.74, 6) is -0.675. The van der Waals surface area contributed by atoms with Gasteiger partial charge >= 0.3 is 11.6 Å². The van der Waals surface area contributed by atoms with E-state index >= 15 is 0 Å². The molecule has 0 radical (unpaired) electrons. The van der Waals surface area contributed by atoms with Crippen LogP contribution in [0.4, 0.5) is 5.69 Å². The van der Waals surface area contributed by atoms with Crippen LogP contribution in [0.1, 0.15) is 55.4 Å². The van der Waals surface area contributed by atoms with E-state index in [1.165, 1.54) is 26.4 Å². The van der Waals surface area contributed by atoms with Gasteiger partial charge in [0.1, 0.15) is 0 Å². The number of nitrogens with one attached hydrogen (secondary N) is 2. The van der Waals surface area contributed by atoms with E-state index in [2.05, 4.69) is 15.5 Å². The van der Waals surface area contributed by atoms with Crippen molar-refractivity contribution in [3.63, 3.8) is 0 Å². The van der Waals surface area contributed by atoms with Crippen LogP contribution >= 0.6 is 0 Å². The number of rotatable bonds is 4. The highest BCUT2D eigenvalue weighted by Gasteiger charge is 2.31. The first-order valence-corrected chi connectivity index (χ1v) is 7.21. The molecule has 1 amide bonds. The molecule has 1 heterocycles. The van der Waals surface area contributed by atoms with E-state index in [-0.39, 0.29) is 17.6 Å². The molecule has 1 aliphatic rings. The summed E-state index contributed by atoms with van der Waals surface area (Å²) in [6.07, 6.45) is 7.53. The molecule has 1 aromatic rings. The van der Waals surface area contributed by atoms with Gasteiger partial charge in [-0.15, -0.1) is 5.10 Å². The monoisotopic (exact) mass is 296 g/mol. The maximum atomic E-state index is 12.2. The van der Waals surface area contributed by atoms with Crippen LogP contribution < -0.4 is 10.1 Å². The zero-order valence-electron chi connectivity index (χ0n) is 12.1. The van der Waals surface area contributed by atoms with Crippen LogP contribution in [0.2, 0.25) is 0 Å². The zero-order chi connectivity index (χ0) is 15.2. The molecular formula is C13H20N4O4. The molecule has 1 saturated carbocycles. The largest absolute Gasteiger partial charge is 0.475 e. The number of H-pyrrole nitrogens is 1. The number of nitrogens with zero attached hydrogens (tertiary/aromatic N) is 2. The van der Waals surface area contributed by atoms with Crippen LogP contribution in [0.3, 0.4) is 0 Å². The highest BCUT2D eigenvalue weighted by Crippen LogP contribution is 2.28. The molecule has 8 heteroatoms. The molecule has 0 unspecified atom stereocenters. The first kappa shape index (κ1) is 15.3. The number of aromatic amines is 1.